The molecule has 1 heterocycles. The zero-order valence-electron chi connectivity index (χ0n) is 21.0. The first-order valence-electron chi connectivity index (χ1n) is 13.3. The van der Waals surface area contributed by atoms with Crippen LogP contribution in [0.5, 0.6) is 0 Å². The van der Waals surface area contributed by atoms with Gasteiger partial charge in [0.05, 0.1) is 12.3 Å². The third-order valence-corrected chi connectivity index (χ3v) is 8.63. The second kappa shape index (κ2) is 10.5. The monoisotopic (exact) mass is 490 g/mol. The molecule has 1 N–H and O–H groups in total. The lowest BCUT2D eigenvalue weighted by Crippen LogP contribution is -2.48. The van der Waals surface area contributed by atoms with E-state index in [1.165, 1.54) is 12.1 Å². The van der Waals surface area contributed by atoms with Gasteiger partial charge in [0.15, 0.2) is 0 Å². The summed E-state index contributed by atoms with van der Waals surface area (Å²) in [6.07, 6.45) is 10.3. The van der Waals surface area contributed by atoms with Crippen molar-refractivity contribution in [3.05, 3.63) is 60.2 Å². The predicted octanol–water partition coefficient (Wildman–Crippen LogP) is 6.29. The highest BCUT2D eigenvalue weighted by Gasteiger charge is 2.52. The van der Waals surface area contributed by atoms with Crippen molar-refractivity contribution in [1.29, 1.82) is 0 Å². The van der Waals surface area contributed by atoms with E-state index in [4.69, 9.17) is 4.74 Å². The first-order chi connectivity index (χ1) is 17.4. The summed E-state index contributed by atoms with van der Waals surface area (Å²) in [6.45, 7) is 4.40. The number of hydrogen-bond acceptors (Lipinski definition) is 4. The minimum atomic E-state index is -0.343. The summed E-state index contributed by atoms with van der Waals surface area (Å²) >= 11 is 0. The summed E-state index contributed by atoms with van der Waals surface area (Å²) in [5, 5.41) is 3.03. The Hall–Kier alpha value is -3.02. The van der Waals surface area contributed by atoms with Crippen LogP contribution in [-0.4, -0.2) is 29.5 Å². The van der Waals surface area contributed by atoms with Gasteiger partial charge in [0, 0.05) is 30.1 Å². The molecule has 0 saturated heterocycles. The standard InChI is InChI=1S/C30H35FN2O3/c1-3-36-30(35)33-24-10-11-25-21(15-24)16-27-28(34)13-18(2)29(27)26(25)12-9-23-8-7-20(17-32-23)19-5-4-6-22(31)14-19/h4-9,12,14,17-18,21,24-27,29H,3,10-11,13,15-16H2,1-2H3,(H,33,35)/b12-9+/t18-,21?,24?,25?,26+,27?,29?/m1/s1. The summed E-state index contributed by atoms with van der Waals surface area (Å²) in [7, 11) is 0. The molecule has 1 aromatic heterocycles. The van der Waals surface area contributed by atoms with E-state index in [0.29, 0.717) is 48.4 Å². The van der Waals surface area contributed by atoms with E-state index < -0.39 is 0 Å². The van der Waals surface area contributed by atoms with Crippen LogP contribution in [0.25, 0.3) is 17.2 Å². The van der Waals surface area contributed by atoms with Gasteiger partial charge in [-0.2, -0.15) is 0 Å². The quantitative estimate of drug-likeness (QED) is 0.535. The minimum absolute atomic E-state index is 0.109. The molecule has 1 aromatic carbocycles. The van der Waals surface area contributed by atoms with Crippen LogP contribution < -0.4 is 5.32 Å². The Morgan fingerprint density at radius 2 is 2.06 bits per heavy atom. The zero-order valence-corrected chi connectivity index (χ0v) is 21.0. The van der Waals surface area contributed by atoms with Crippen molar-refractivity contribution in [1.82, 2.24) is 10.3 Å². The lowest BCUT2D eigenvalue weighted by molar-refractivity contribution is -0.124. The number of nitrogens with one attached hydrogen (secondary N) is 1. The van der Waals surface area contributed by atoms with Gasteiger partial charge in [-0.25, -0.2) is 9.18 Å². The van der Waals surface area contributed by atoms with Crippen LogP contribution in [0.2, 0.25) is 0 Å². The van der Waals surface area contributed by atoms with Crippen molar-refractivity contribution >= 4 is 18.0 Å². The van der Waals surface area contributed by atoms with Crippen molar-refractivity contribution in [2.45, 2.75) is 52.0 Å². The Labute approximate surface area is 212 Å². The number of ether oxygens (including phenoxy) is 1. The van der Waals surface area contributed by atoms with Gasteiger partial charge in [-0.15, -0.1) is 0 Å². The van der Waals surface area contributed by atoms with Crippen LogP contribution in [0.4, 0.5) is 9.18 Å². The summed E-state index contributed by atoms with van der Waals surface area (Å²) in [5.74, 6) is 2.26. The fourth-order valence-corrected chi connectivity index (χ4v) is 7.12. The molecule has 3 fully saturated rings. The number of halogens is 1. The smallest absolute Gasteiger partial charge is 0.407 e. The van der Waals surface area contributed by atoms with Gasteiger partial charge < -0.3 is 10.1 Å². The highest BCUT2D eigenvalue weighted by Crippen LogP contribution is 2.55. The largest absolute Gasteiger partial charge is 0.450 e. The molecule has 36 heavy (non-hydrogen) atoms. The van der Waals surface area contributed by atoms with Gasteiger partial charge >= 0.3 is 6.09 Å². The molecule has 0 bridgehead atoms. The molecule has 7 atom stereocenters. The zero-order chi connectivity index (χ0) is 25.2. The van der Waals surface area contributed by atoms with Crippen molar-refractivity contribution in [2.24, 2.45) is 35.5 Å². The van der Waals surface area contributed by atoms with Gasteiger partial charge in [-0.3, -0.25) is 9.78 Å². The van der Waals surface area contributed by atoms with E-state index >= 15 is 0 Å². The van der Waals surface area contributed by atoms with Crippen molar-refractivity contribution in [2.75, 3.05) is 6.61 Å². The number of rotatable bonds is 5. The maximum atomic E-state index is 13.6. The molecular weight excluding hydrogens is 455 g/mol. The summed E-state index contributed by atoms with van der Waals surface area (Å²) < 4.78 is 18.7. The number of carbonyl (C=O) groups is 2. The van der Waals surface area contributed by atoms with E-state index in [1.54, 1.807) is 12.3 Å². The molecule has 0 spiro atoms. The number of Topliss-reactive ketones (excluding diaryl/α,β-unsaturated/α-hetero) is 1. The Morgan fingerprint density at radius 3 is 2.81 bits per heavy atom. The molecule has 0 aliphatic heterocycles. The third kappa shape index (κ3) is 5.09. The molecule has 3 aliphatic rings. The third-order valence-electron chi connectivity index (χ3n) is 8.63. The first kappa shape index (κ1) is 24.7. The van der Waals surface area contributed by atoms with Crippen molar-refractivity contribution in [3.8, 4) is 11.1 Å². The molecular formula is C30H35FN2O3. The fourth-order valence-electron chi connectivity index (χ4n) is 7.12. The van der Waals surface area contributed by atoms with E-state index in [2.05, 4.69) is 29.4 Å². The second-order valence-corrected chi connectivity index (χ2v) is 10.8. The number of fused-ring (bicyclic) bond motifs is 2. The predicted molar refractivity (Wildman–Crippen MR) is 137 cm³/mol. The number of amides is 1. The average Bonchev–Trinajstić information content (AvgIpc) is 3.15. The molecule has 5 nitrogen and oxygen atoms in total. The van der Waals surface area contributed by atoms with Crippen molar-refractivity contribution in [3.63, 3.8) is 0 Å². The Morgan fingerprint density at radius 1 is 1.19 bits per heavy atom. The topological polar surface area (TPSA) is 68.3 Å². The molecule has 2 aromatic rings. The number of alkyl carbamates (subject to hydrolysis) is 1. The Bertz CT molecular complexity index is 1130. The minimum Gasteiger partial charge on any atom is -0.450 e. The average molecular weight is 491 g/mol. The molecule has 6 heteroatoms. The fraction of sp³-hybridized carbons (Fsp3) is 0.500. The van der Waals surface area contributed by atoms with Crippen LogP contribution in [-0.2, 0) is 9.53 Å². The van der Waals surface area contributed by atoms with Crippen LogP contribution >= 0.6 is 0 Å². The Balaban J connectivity index is 1.34. The van der Waals surface area contributed by atoms with Gasteiger partial charge in [0.1, 0.15) is 11.6 Å². The number of pyridine rings is 1. The van der Waals surface area contributed by atoms with E-state index in [-0.39, 0.29) is 23.9 Å². The highest BCUT2D eigenvalue weighted by atomic mass is 19.1. The van der Waals surface area contributed by atoms with Crippen LogP contribution in [0.3, 0.4) is 0 Å². The van der Waals surface area contributed by atoms with Crippen LogP contribution in [0.1, 0.15) is 51.6 Å². The van der Waals surface area contributed by atoms with Crippen LogP contribution in [0, 0.1) is 41.3 Å². The first-order valence-corrected chi connectivity index (χ1v) is 13.3. The van der Waals surface area contributed by atoms with Crippen molar-refractivity contribution < 1.29 is 18.7 Å². The number of aromatic nitrogens is 1. The molecule has 1 amide bonds. The second-order valence-electron chi connectivity index (χ2n) is 10.8. The number of hydrogen-bond donors (Lipinski definition) is 1. The number of nitrogens with zero attached hydrogens (tertiary/aromatic N) is 1. The maximum Gasteiger partial charge on any atom is 0.407 e. The lowest BCUT2D eigenvalue weighted by atomic mass is 9.56. The Kier molecular flexibility index (Phi) is 7.22. The molecule has 3 aliphatic carbocycles. The van der Waals surface area contributed by atoms with Gasteiger partial charge in [-0.1, -0.05) is 31.2 Å². The SMILES string of the molecule is CCOC(=O)NC1CCC2C(C1)CC1C(=O)C[C@@H](C)C1[C@H]2/C=C/c1ccc(-c2cccc(F)c2)cn1. The molecule has 5 rings (SSSR count). The molecule has 0 radical (unpaired) electrons. The molecule has 190 valence electrons. The molecule has 3 saturated carbocycles. The van der Waals surface area contributed by atoms with Gasteiger partial charge in [0.25, 0.3) is 0 Å². The summed E-state index contributed by atoms with van der Waals surface area (Å²) in [6, 6.07) is 10.6. The summed E-state index contributed by atoms with van der Waals surface area (Å²) in [5.41, 5.74) is 2.55. The van der Waals surface area contributed by atoms with Gasteiger partial charge in [-0.05, 0) is 92.0 Å². The lowest BCUT2D eigenvalue weighted by Gasteiger charge is -2.48. The van der Waals surface area contributed by atoms with E-state index in [1.807, 2.05) is 25.1 Å². The van der Waals surface area contributed by atoms with Gasteiger partial charge in [0.2, 0.25) is 0 Å². The maximum absolute atomic E-state index is 13.6. The molecule has 5 unspecified atom stereocenters. The van der Waals surface area contributed by atoms with Crippen LogP contribution in [0.15, 0.2) is 48.7 Å². The number of allylic oxidation sites excluding steroid dienone is 1. The van der Waals surface area contributed by atoms with E-state index in [0.717, 1.165) is 42.5 Å². The van der Waals surface area contributed by atoms with E-state index in [9.17, 15) is 14.0 Å². The number of carbonyl (C=O) groups excluding carboxylic acids is 2. The number of ketones is 1. The normalized spacial score (nSPS) is 31.6. The highest BCUT2D eigenvalue weighted by molar-refractivity contribution is 5.84. The summed E-state index contributed by atoms with van der Waals surface area (Å²) in [4.78, 5) is 29.5. The number of benzene rings is 1.